The van der Waals surface area contributed by atoms with E-state index in [1.807, 2.05) is 21.1 Å². The van der Waals surface area contributed by atoms with E-state index in [1.54, 1.807) is 0 Å². The lowest BCUT2D eigenvalue weighted by Gasteiger charge is -2.24. The Morgan fingerprint density at radius 3 is 0.885 bits per heavy atom. The van der Waals surface area contributed by atoms with Gasteiger partial charge < -0.3 is 18.9 Å². The lowest BCUT2D eigenvalue weighted by atomic mass is 10.0. The summed E-state index contributed by atoms with van der Waals surface area (Å²) >= 11 is 0. The summed E-state index contributed by atoms with van der Waals surface area (Å²) in [5, 5.41) is 0. The highest BCUT2D eigenvalue weighted by Crippen LogP contribution is 2.43. The molecule has 2 unspecified atom stereocenters. The minimum atomic E-state index is -4.41. The first-order valence-electron chi connectivity index (χ1n) is 39.6. The van der Waals surface area contributed by atoms with Crippen molar-refractivity contribution in [3.05, 3.63) is 146 Å². The molecular formula is C86H149NO8P+. The number of unbranched alkanes of at least 4 members (excludes halogenated alkanes) is 34. The SMILES string of the molecule is CC/C=C\C/C=C\C/C=C\C/C=C\C/C=C\C/C=C\C/C=C\C/C=C\C/C=C\C/C=C\C/C=C\C/C=C\CCCCCCC(=O)OC(COC(=O)CCCCCCCCCCCCCCCCCCCCCCCCCCCCCCCCC)COP(=O)(O)OCC[N+](C)(C)C. The monoisotopic (exact) mass is 1360 g/mol. The maximum atomic E-state index is 12.9. The van der Waals surface area contributed by atoms with Crippen LogP contribution in [-0.4, -0.2) is 74.9 Å². The van der Waals surface area contributed by atoms with Gasteiger partial charge in [0.1, 0.15) is 19.8 Å². The highest BCUT2D eigenvalue weighted by atomic mass is 31.2. The fourth-order valence-corrected chi connectivity index (χ4v) is 11.6. The fraction of sp³-hybridized carbons (Fsp3) is 0.698. The van der Waals surface area contributed by atoms with Crippen LogP contribution >= 0.6 is 7.82 Å². The Labute approximate surface area is 593 Å². The molecule has 0 radical (unpaired) electrons. The van der Waals surface area contributed by atoms with Crippen LogP contribution in [0.25, 0.3) is 0 Å². The van der Waals surface area contributed by atoms with Crippen LogP contribution in [0.5, 0.6) is 0 Å². The van der Waals surface area contributed by atoms with E-state index in [4.69, 9.17) is 18.5 Å². The highest BCUT2D eigenvalue weighted by molar-refractivity contribution is 7.47. The minimum Gasteiger partial charge on any atom is -0.462 e. The van der Waals surface area contributed by atoms with Crippen LogP contribution in [0.1, 0.15) is 335 Å². The Hall–Kier alpha value is -4.11. The van der Waals surface area contributed by atoms with Crippen molar-refractivity contribution in [3.8, 4) is 0 Å². The summed E-state index contributed by atoms with van der Waals surface area (Å²) in [5.41, 5.74) is 0. The van der Waals surface area contributed by atoms with E-state index >= 15 is 0 Å². The van der Waals surface area contributed by atoms with Crippen molar-refractivity contribution in [1.82, 2.24) is 0 Å². The standard InChI is InChI=1S/C86H148NO8P/c1-6-8-10-12-14-16-18-20-22-24-26-28-30-32-34-36-38-39-40-41-42-43-44-45-46-47-49-51-53-55-57-59-61-63-65-67-69-71-73-75-77-79-86(89)95-84(83-94-96(90,91)93-81-80-87(3,4)5)82-92-85(88)78-76-74-72-70-68-66-64-62-60-58-56-54-52-50-48-37-35-33-31-29-27-25-23-21-19-17-15-13-11-9-7-2/h8,10,14,16,20,22,26,28,32,34,38-39,41-42,44-45,47,49,53,55,59,61,65,67,84H,6-7,9,11-13,15,17-19,21,23-25,27,29-31,33,35-37,40,43,46,48,50-52,54,56-58,60,62-64,66,68-83H2,1-5H3/p+1/b10-8-,16-14-,22-20-,28-26-,34-32-,39-38-,42-41-,45-44-,49-47-,55-53-,61-59-,67-65-. The molecule has 0 fully saturated rings. The van der Waals surface area contributed by atoms with E-state index in [9.17, 15) is 19.0 Å². The molecular weight excluding hydrogens is 1210 g/mol. The summed E-state index contributed by atoms with van der Waals surface area (Å²) in [6, 6.07) is 0. The fourth-order valence-electron chi connectivity index (χ4n) is 10.9. The number of ether oxygens (including phenoxy) is 2. The Morgan fingerprint density at radius 1 is 0.333 bits per heavy atom. The zero-order valence-corrected chi connectivity index (χ0v) is 63.7. The third kappa shape index (κ3) is 78.9. The van der Waals surface area contributed by atoms with Crippen LogP contribution < -0.4 is 0 Å². The second-order valence-electron chi connectivity index (χ2n) is 27.4. The first-order chi connectivity index (χ1) is 47.0. The van der Waals surface area contributed by atoms with Gasteiger partial charge in [0.15, 0.2) is 6.10 Å². The van der Waals surface area contributed by atoms with Crippen molar-refractivity contribution in [2.45, 2.75) is 341 Å². The minimum absolute atomic E-state index is 0.0209. The summed E-state index contributed by atoms with van der Waals surface area (Å²) in [4.78, 5) is 36.0. The lowest BCUT2D eigenvalue weighted by molar-refractivity contribution is -0.870. The molecule has 0 bridgehead atoms. The van der Waals surface area contributed by atoms with Gasteiger partial charge in [0.05, 0.1) is 27.7 Å². The number of quaternary nitrogens is 1. The first kappa shape index (κ1) is 91.9. The molecule has 0 saturated carbocycles. The third-order valence-corrected chi connectivity index (χ3v) is 17.9. The van der Waals surface area contributed by atoms with Crippen molar-refractivity contribution in [2.75, 3.05) is 47.5 Å². The van der Waals surface area contributed by atoms with E-state index in [0.717, 1.165) is 122 Å². The zero-order chi connectivity index (χ0) is 69.7. The van der Waals surface area contributed by atoms with E-state index < -0.39 is 26.5 Å². The molecule has 0 rings (SSSR count). The van der Waals surface area contributed by atoms with Gasteiger partial charge in [-0.05, 0) is 103 Å². The molecule has 0 heterocycles. The van der Waals surface area contributed by atoms with Crippen LogP contribution in [0.15, 0.2) is 146 Å². The summed E-state index contributed by atoms with van der Waals surface area (Å²) < 4.78 is 34.8. The van der Waals surface area contributed by atoms with Crippen LogP contribution in [-0.2, 0) is 32.7 Å². The Bertz CT molecular complexity index is 2140. The van der Waals surface area contributed by atoms with Crippen molar-refractivity contribution >= 4 is 19.8 Å². The number of phosphoric acid groups is 1. The normalized spacial score (nSPS) is 13.9. The van der Waals surface area contributed by atoms with Gasteiger partial charge in [0, 0.05) is 12.8 Å². The van der Waals surface area contributed by atoms with Crippen molar-refractivity contribution in [1.29, 1.82) is 0 Å². The molecule has 0 aliphatic carbocycles. The van der Waals surface area contributed by atoms with Crippen molar-refractivity contribution in [3.63, 3.8) is 0 Å². The van der Waals surface area contributed by atoms with Gasteiger partial charge in [-0.1, -0.05) is 365 Å². The average Bonchev–Trinajstić information content (AvgIpc) is 2.54. The predicted molar refractivity (Wildman–Crippen MR) is 417 cm³/mol. The quantitative estimate of drug-likeness (QED) is 0.0211. The largest absolute Gasteiger partial charge is 0.472 e. The Morgan fingerprint density at radius 2 is 0.594 bits per heavy atom. The van der Waals surface area contributed by atoms with Crippen LogP contribution in [0.2, 0.25) is 0 Å². The third-order valence-electron chi connectivity index (χ3n) is 16.9. The number of likely N-dealkylation sites (N-methyl/N-ethyl adjacent to an activating group) is 1. The van der Waals surface area contributed by atoms with E-state index in [-0.39, 0.29) is 32.0 Å². The van der Waals surface area contributed by atoms with Gasteiger partial charge in [0.25, 0.3) is 0 Å². The van der Waals surface area contributed by atoms with E-state index in [0.29, 0.717) is 17.4 Å². The molecule has 0 aromatic heterocycles. The number of esters is 2. The summed E-state index contributed by atoms with van der Waals surface area (Å²) in [7, 11) is 1.45. The number of hydrogen-bond donors (Lipinski definition) is 1. The van der Waals surface area contributed by atoms with Gasteiger partial charge in [0.2, 0.25) is 0 Å². The number of nitrogens with zero attached hydrogens (tertiary/aromatic N) is 1. The topological polar surface area (TPSA) is 108 Å². The number of allylic oxidation sites excluding steroid dienone is 24. The maximum Gasteiger partial charge on any atom is 0.472 e. The van der Waals surface area contributed by atoms with Gasteiger partial charge in [-0.15, -0.1) is 0 Å². The average molecular weight is 1360 g/mol. The Balaban J connectivity index is 4.09. The first-order valence-corrected chi connectivity index (χ1v) is 41.1. The van der Waals surface area contributed by atoms with E-state index in [1.165, 1.54) is 180 Å². The van der Waals surface area contributed by atoms with Crippen LogP contribution in [0.4, 0.5) is 0 Å². The number of carbonyl (C=O) groups is 2. The molecule has 96 heavy (non-hydrogen) atoms. The highest BCUT2D eigenvalue weighted by Gasteiger charge is 2.27. The number of rotatable bonds is 72. The van der Waals surface area contributed by atoms with E-state index in [2.05, 4.69) is 160 Å². The molecule has 9 nitrogen and oxygen atoms in total. The second-order valence-corrected chi connectivity index (χ2v) is 28.8. The molecule has 0 amide bonds. The molecule has 1 N–H and O–H groups in total. The van der Waals surface area contributed by atoms with Gasteiger partial charge in [-0.25, -0.2) is 4.57 Å². The van der Waals surface area contributed by atoms with Crippen molar-refractivity contribution < 1.29 is 42.1 Å². The second kappa shape index (κ2) is 75.1. The zero-order valence-electron chi connectivity index (χ0n) is 62.8. The molecule has 2 atom stereocenters. The van der Waals surface area contributed by atoms with Crippen LogP contribution in [0, 0.1) is 0 Å². The number of carbonyl (C=O) groups excluding carboxylic acids is 2. The Kier molecular flexibility index (Phi) is 71.9. The molecule has 10 heteroatoms. The van der Waals surface area contributed by atoms with Gasteiger partial charge >= 0.3 is 19.8 Å². The maximum absolute atomic E-state index is 12.9. The summed E-state index contributed by atoms with van der Waals surface area (Å²) in [6.45, 7) is 4.32. The lowest BCUT2D eigenvalue weighted by Crippen LogP contribution is -2.37. The number of hydrogen-bond acceptors (Lipinski definition) is 7. The van der Waals surface area contributed by atoms with Crippen molar-refractivity contribution in [2.24, 2.45) is 0 Å². The molecule has 0 spiro atoms. The predicted octanol–water partition coefficient (Wildman–Crippen LogP) is 26.5. The summed E-state index contributed by atoms with van der Waals surface area (Å²) in [6.07, 6.45) is 111. The van der Waals surface area contributed by atoms with Gasteiger partial charge in [-0.2, -0.15) is 0 Å². The van der Waals surface area contributed by atoms with Crippen LogP contribution in [0.3, 0.4) is 0 Å². The molecule has 550 valence electrons. The summed E-state index contributed by atoms with van der Waals surface area (Å²) in [5.74, 6) is -0.823. The molecule has 0 aromatic carbocycles. The smallest absolute Gasteiger partial charge is 0.462 e. The molecule has 0 aromatic rings. The molecule has 0 aliphatic rings. The number of phosphoric ester groups is 1. The molecule has 0 aliphatic heterocycles. The molecule has 0 saturated heterocycles. The van der Waals surface area contributed by atoms with Gasteiger partial charge in [-0.3, -0.25) is 18.6 Å².